The van der Waals surface area contributed by atoms with Crippen molar-refractivity contribution >= 4 is 27.8 Å². The summed E-state index contributed by atoms with van der Waals surface area (Å²) in [6, 6.07) is 22.9. The molecule has 0 atom stereocenters. The number of para-hydroxylation sites is 1. The van der Waals surface area contributed by atoms with Crippen molar-refractivity contribution in [3.8, 4) is 22.8 Å². The van der Waals surface area contributed by atoms with Gasteiger partial charge in [0, 0.05) is 27.5 Å². The molecule has 7 heteroatoms. The number of aromatic nitrogens is 1. The summed E-state index contributed by atoms with van der Waals surface area (Å²) >= 11 is 0. The fourth-order valence-electron chi connectivity index (χ4n) is 4.36. The molecule has 0 saturated carbocycles. The van der Waals surface area contributed by atoms with Gasteiger partial charge in [0.1, 0.15) is 5.75 Å². The molecule has 4 aromatic carbocycles. The van der Waals surface area contributed by atoms with Crippen molar-refractivity contribution in [2.24, 2.45) is 0 Å². The van der Waals surface area contributed by atoms with Gasteiger partial charge >= 0.3 is 6.16 Å². The lowest BCUT2D eigenvalue weighted by Gasteiger charge is -2.10. The molecule has 0 fully saturated rings. The number of carbonyl (C=O) groups is 1. The average Bonchev–Trinajstić information content (AvgIpc) is 3.20. The standard InChI is InChI=1S/C28H21F2NO4/c29-23-14-5-10-19(25(23)30)20-11-4-12-21-22(27(31-26(20)21)35-28(32)33)13-6-16-34-24-15-3-8-17-7-1-2-9-18(17)24/h1-5,7-12,14-15,31H,6,13,16H2,(H,32,33). The summed E-state index contributed by atoms with van der Waals surface area (Å²) in [6.07, 6.45) is -0.448. The smallest absolute Gasteiger partial charge is 0.493 e. The highest BCUT2D eigenvalue weighted by Crippen LogP contribution is 2.37. The monoisotopic (exact) mass is 473 g/mol. The first-order chi connectivity index (χ1) is 17.0. The van der Waals surface area contributed by atoms with E-state index < -0.39 is 17.8 Å². The molecule has 5 nitrogen and oxygen atoms in total. The van der Waals surface area contributed by atoms with Crippen LogP contribution in [-0.4, -0.2) is 22.9 Å². The molecule has 1 aromatic heterocycles. The molecule has 35 heavy (non-hydrogen) atoms. The zero-order valence-electron chi connectivity index (χ0n) is 18.6. The van der Waals surface area contributed by atoms with Crippen LogP contribution in [0.3, 0.4) is 0 Å². The van der Waals surface area contributed by atoms with Gasteiger partial charge in [-0.05, 0) is 30.4 Å². The molecule has 5 rings (SSSR count). The van der Waals surface area contributed by atoms with Crippen molar-refractivity contribution in [3.63, 3.8) is 0 Å². The van der Waals surface area contributed by atoms with Gasteiger partial charge in [-0.1, -0.05) is 66.7 Å². The van der Waals surface area contributed by atoms with E-state index in [4.69, 9.17) is 9.47 Å². The normalized spacial score (nSPS) is 11.1. The second-order valence-electron chi connectivity index (χ2n) is 8.06. The number of aryl methyl sites for hydroxylation is 1. The van der Waals surface area contributed by atoms with E-state index in [1.54, 1.807) is 18.2 Å². The van der Waals surface area contributed by atoms with E-state index in [1.165, 1.54) is 12.1 Å². The fraction of sp³-hybridized carbons (Fsp3) is 0.107. The Labute approximate surface area is 199 Å². The van der Waals surface area contributed by atoms with Gasteiger partial charge in [-0.2, -0.15) is 0 Å². The van der Waals surface area contributed by atoms with E-state index in [0.29, 0.717) is 41.5 Å². The number of H-pyrrole nitrogens is 1. The van der Waals surface area contributed by atoms with Crippen LogP contribution in [0.1, 0.15) is 12.0 Å². The second-order valence-corrected chi connectivity index (χ2v) is 8.06. The molecule has 0 aliphatic heterocycles. The molecular weight excluding hydrogens is 452 g/mol. The topological polar surface area (TPSA) is 71.5 Å². The lowest BCUT2D eigenvalue weighted by atomic mass is 10.00. The van der Waals surface area contributed by atoms with E-state index in [2.05, 4.69) is 4.98 Å². The summed E-state index contributed by atoms with van der Waals surface area (Å²) in [5.74, 6) is -1.10. The van der Waals surface area contributed by atoms with Crippen molar-refractivity contribution in [2.75, 3.05) is 6.61 Å². The van der Waals surface area contributed by atoms with Crippen LogP contribution in [0.15, 0.2) is 78.9 Å². The summed E-state index contributed by atoms with van der Waals surface area (Å²) in [5.41, 5.74) is 1.58. The zero-order chi connectivity index (χ0) is 24.4. The van der Waals surface area contributed by atoms with Gasteiger partial charge in [-0.15, -0.1) is 0 Å². The summed E-state index contributed by atoms with van der Waals surface area (Å²) in [7, 11) is 0. The van der Waals surface area contributed by atoms with E-state index in [9.17, 15) is 18.7 Å². The van der Waals surface area contributed by atoms with Crippen LogP contribution in [0.5, 0.6) is 11.6 Å². The van der Waals surface area contributed by atoms with Gasteiger partial charge in [0.2, 0.25) is 5.88 Å². The lowest BCUT2D eigenvalue weighted by molar-refractivity contribution is 0.142. The minimum Gasteiger partial charge on any atom is -0.493 e. The Morgan fingerprint density at radius 2 is 1.57 bits per heavy atom. The predicted molar refractivity (Wildman–Crippen MR) is 130 cm³/mol. The molecule has 176 valence electrons. The number of benzene rings is 4. The third-order valence-electron chi connectivity index (χ3n) is 5.91. The average molecular weight is 473 g/mol. The molecule has 5 aromatic rings. The summed E-state index contributed by atoms with van der Waals surface area (Å²) < 4.78 is 39.4. The van der Waals surface area contributed by atoms with Crippen molar-refractivity contribution in [3.05, 3.63) is 96.1 Å². The van der Waals surface area contributed by atoms with E-state index in [0.717, 1.165) is 22.6 Å². The Balaban J connectivity index is 1.43. The summed E-state index contributed by atoms with van der Waals surface area (Å²) in [6.45, 7) is 0.394. The van der Waals surface area contributed by atoms with Gasteiger partial charge in [0.25, 0.3) is 0 Å². The number of nitrogens with one attached hydrogen (secondary N) is 1. The summed E-state index contributed by atoms with van der Waals surface area (Å²) in [4.78, 5) is 14.3. The molecule has 0 amide bonds. The number of hydrogen-bond donors (Lipinski definition) is 2. The van der Waals surface area contributed by atoms with Crippen LogP contribution in [0.4, 0.5) is 13.6 Å². The van der Waals surface area contributed by atoms with E-state index in [-0.39, 0.29) is 11.4 Å². The molecule has 0 saturated heterocycles. The molecule has 1 heterocycles. The lowest BCUT2D eigenvalue weighted by Crippen LogP contribution is -2.06. The Morgan fingerprint density at radius 1 is 0.857 bits per heavy atom. The molecule has 0 spiro atoms. The van der Waals surface area contributed by atoms with Crippen LogP contribution in [-0.2, 0) is 6.42 Å². The number of halogens is 2. The number of fused-ring (bicyclic) bond motifs is 2. The Hall–Kier alpha value is -4.39. The van der Waals surface area contributed by atoms with Crippen molar-refractivity contribution in [1.29, 1.82) is 0 Å². The van der Waals surface area contributed by atoms with Crippen LogP contribution in [0.25, 0.3) is 32.8 Å². The number of aromatic amines is 1. The Morgan fingerprint density at radius 3 is 2.43 bits per heavy atom. The van der Waals surface area contributed by atoms with Gasteiger partial charge in [0.15, 0.2) is 11.6 Å². The first-order valence-corrected chi connectivity index (χ1v) is 11.1. The first-order valence-electron chi connectivity index (χ1n) is 11.1. The molecule has 0 radical (unpaired) electrons. The van der Waals surface area contributed by atoms with Gasteiger partial charge in [-0.3, -0.25) is 0 Å². The third kappa shape index (κ3) is 4.40. The van der Waals surface area contributed by atoms with Crippen molar-refractivity contribution in [1.82, 2.24) is 4.98 Å². The quantitative estimate of drug-likeness (QED) is 0.192. The van der Waals surface area contributed by atoms with Gasteiger partial charge in [-0.25, -0.2) is 13.6 Å². The maximum atomic E-state index is 14.5. The number of rotatable bonds is 7. The van der Waals surface area contributed by atoms with Crippen LogP contribution in [0, 0.1) is 11.6 Å². The molecule has 0 unspecified atom stereocenters. The van der Waals surface area contributed by atoms with Crippen LogP contribution >= 0.6 is 0 Å². The maximum absolute atomic E-state index is 14.5. The number of hydrogen-bond acceptors (Lipinski definition) is 3. The van der Waals surface area contributed by atoms with Crippen LogP contribution < -0.4 is 9.47 Å². The second kappa shape index (κ2) is 9.46. The number of carboxylic acid groups (broad SMARTS) is 1. The molecule has 0 aliphatic rings. The zero-order valence-corrected chi connectivity index (χ0v) is 18.6. The molecular formula is C28H21F2NO4. The van der Waals surface area contributed by atoms with Crippen molar-refractivity contribution < 1.29 is 28.2 Å². The third-order valence-corrected chi connectivity index (χ3v) is 5.91. The summed E-state index contributed by atoms with van der Waals surface area (Å²) in [5, 5.41) is 12.0. The largest absolute Gasteiger partial charge is 0.512 e. The minimum atomic E-state index is -1.47. The highest BCUT2D eigenvalue weighted by atomic mass is 19.2. The molecule has 2 N–H and O–H groups in total. The maximum Gasteiger partial charge on any atom is 0.512 e. The SMILES string of the molecule is O=C(O)Oc1[nH]c2c(-c3cccc(F)c3F)cccc2c1CCCOc1cccc2ccccc12. The Kier molecular flexibility index (Phi) is 6.06. The highest BCUT2D eigenvalue weighted by molar-refractivity contribution is 5.98. The Bertz CT molecular complexity index is 1540. The first kappa shape index (κ1) is 22.4. The van der Waals surface area contributed by atoms with Gasteiger partial charge in [0.05, 0.1) is 12.1 Å². The van der Waals surface area contributed by atoms with E-state index >= 15 is 0 Å². The van der Waals surface area contributed by atoms with E-state index in [1.807, 2.05) is 42.5 Å². The fourth-order valence-corrected chi connectivity index (χ4v) is 4.36. The predicted octanol–water partition coefficient (Wildman–Crippen LogP) is 7.33. The highest BCUT2D eigenvalue weighted by Gasteiger charge is 2.20. The molecule has 0 bridgehead atoms. The minimum absolute atomic E-state index is 0.0573. The van der Waals surface area contributed by atoms with Gasteiger partial charge < -0.3 is 19.6 Å². The number of ether oxygens (including phenoxy) is 2. The van der Waals surface area contributed by atoms with Crippen LogP contribution in [0.2, 0.25) is 0 Å². The van der Waals surface area contributed by atoms with Crippen molar-refractivity contribution in [2.45, 2.75) is 12.8 Å². The molecule has 0 aliphatic carbocycles.